The average molecular weight is 390 g/mol. The van der Waals surface area contributed by atoms with Crippen LogP contribution in [0.2, 0.25) is 0 Å². The Balaban J connectivity index is 1.60. The Morgan fingerprint density at radius 2 is 2.00 bits per heavy atom. The number of para-hydroxylation sites is 2. The van der Waals surface area contributed by atoms with E-state index in [4.69, 9.17) is 9.84 Å². The second kappa shape index (κ2) is 8.57. The summed E-state index contributed by atoms with van der Waals surface area (Å²) in [6.07, 6.45) is 0.00771. The summed E-state index contributed by atoms with van der Waals surface area (Å²) in [5.41, 5.74) is 1.52. The topological polar surface area (TPSA) is 97.0 Å². The van der Waals surface area contributed by atoms with E-state index in [1.807, 2.05) is 24.3 Å². The molecule has 2 heterocycles. The highest BCUT2D eigenvalue weighted by molar-refractivity contribution is 5.78. The number of carboxylic acids is 1. The molecule has 9 nitrogen and oxygen atoms in total. The minimum absolute atomic E-state index is 0.0333. The Kier molecular flexibility index (Phi) is 6.15. The Labute approximate surface area is 162 Å². The molecule has 1 saturated heterocycles. The zero-order chi connectivity index (χ0) is 20.3. The van der Waals surface area contributed by atoms with E-state index in [9.17, 15) is 14.4 Å². The summed E-state index contributed by atoms with van der Waals surface area (Å²) in [6.45, 7) is 2.04. The largest absolute Gasteiger partial charge is 0.480 e. The van der Waals surface area contributed by atoms with Gasteiger partial charge in [-0.2, -0.15) is 0 Å². The lowest BCUT2D eigenvalue weighted by Gasteiger charge is -2.34. The standard InChI is InChI=1S/C19H26N4O5/c1-20(13-18(25)26)11-14-12-22(9-10-28-14)17(24)7-8-23-16-6-4-3-5-15(16)21(2)19(23)27/h3-6,14H,7-13H2,1-2H3,(H,25,26). The fourth-order valence-corrected chi connectivity index (χ4v) is 3.64. The van der Waals surface area contributed by atoms with Gasteiger partial charge in [-0.25, -0.2) is 4.79 Å². The summed E-state index contributed by atoms with van der Waals surface area (Å²) >= 11 is 0. The first kappa shape index (κ1) is 20.1. The van der Waals surface area contributed by atoms with Crippen LogP contribution in [0, 0.1) is 0 Å². The lowest BCUT2D eigenvalue weighted by molar-refractivity contribution is -0.142. The molecule has 0 aliphatic carbocycles. The van der Waals surface area contributed by atoms with Gasteiger partial charge in [0.15, 0.2) is 0 Å². The number of hydrogen-bond acceptors (Lipinski definition) is 5. The maximum absolute atomic E-state index is 12.7. The second-order valence-electron chi connectivity index (χ2n) is 7.15. The number of morpholine rings is 1. The number of rotatable bonds is 7. The van der Waals surface area contributed by atoms with Crippen LogP contribution < -0.4 is 5.69 Å². The second-order valence-corrected chi connectivity index (χ2v) is 7.15. The normalized spacial score (nSPS) is 17.4. The summed E-state index contributed by atoms with van der Waals surface area (Å²) in [5.74, 6) is -0.930. The third-order valence-corrected chi connectivity index (χ3v) is 5.01. The number of nitrogens with zero attached hydrogens (tertiary/aromatic N) is 4. The third kappa shape index (κ3) is 4.42. The molecule has 0 spiro atoms. The number of hydrogen-bond donors (Lipinski definition) is 1. The number of carbonyl (C=O) groups excluding carboxylic acids is 1. The fourth-order valence-electron chi connectivity index (χ4n) is 3.64. The van der Waals surface area contributed by atoms with Gasteiger partial charge < -0.3 is 14.7 Å². The smallest absolute Gasteiger partial charge is 0.328 e. The molecule has 0 bridgehead atoms. The summed E-state index contributed by atoms with van der Waals surface area (Å²) in [5, 5.41) is 8.85. The number of carboxylic acid groups (broad SMARTS) is 1. The van der Waals surface area contributed by atoms with E-state index in [-0.39, 0.29) is 30.7 Å². The highest BCUT2D eigenvalue weighted by Crippen LogP contribution is 2.13. The molecule has 0 radical (unpaired) electrons. The van der Waals surface area contributed by atoms with Crippen LogP contribution in [0.1, 0.15) is 6.42 Å². The number of fused-ring (bicyclic) bond motifs is 1. The molecule has 1 N–H and O–H groups in total. The first-order valence-corrected chi connectivity index (χ1v) is 9.30. The molecule has 1 aromatic carbocycles. The molecule has 152 valence electrons. The van der Waals surface area contributed by atoms with Crippen LogP contribution in [0.5, 0.6) is 0 Å². The van der Waals surface area contributed by atoms with Crippen molar-refractivity contribution < 1.29 is 19.4 Å². The Morgan fingerprint density at radius 1 is 1.29 bits per heavy atom. The number of amides is 1. The molecular formula is C19H26N4O5. The first-order chi connectivity index (χ1) is 13.4. The van der Waals surface area contributed by atoms with Gasteiger partial charge in [-0.1, -0.05) is 12.1 Å². The predicted molar refractivity (Wildman–Crippen MR) is 103 cm³/mol. The van der Waals surface area contributed by atoms with E-state index < -0.39 is 5.97 Å². The van der Waals surface area contributed by atoms with Gasteiger partial charge in [-0.3, -0.25) is 23.6 Å². The molecule has 1 aliphatic heterocycles. The lowest BCUT2D eigenvalue weighted by Crippen LogP contribution is -2.49. The van der Waals surface area contributed by atoms with Crippen molar-refractivity contribution in [1.29, 1.82) is 0 Å². The van der Waals surface area contributed by atoms with Gasteiger partial charge in [0.1, 0.15) is 0 Å². The molecule has 1 atom stereocenters. The number of aryl methyl sites for hydroxylation is 2. The van der Waals surface area contributed by atoms with Crippen LogP contribution in [-0.4, -0.2) is 81.9 Å². The average Bonchev–Trinajstić information content (AvgIpc) is 2.90. The minimum Gasteiger partial charge on any atom is -0.480 e. The van der Waals surface area contributed by atoms with Crippen LogP contribution in [0.3, 0.4) is 0 Å². The molecule has 1 unspecified atom stereocenters. The van der Waals surface area contributed by atoms with Crippen LogP contribution in [0.25, 0.3) is 11.0 Å². The minimum atomic E-state index is -0.897. The maximum atomic E-state index is 12.7. The Morgan fingerprint density at radius 3 is 2.71 bits per heavy atom. The lowest BCUT2D eigenvalue weighted by atomic mass is 10.2. The fraction of sp³-hybridized carbons (Fsp3) is 0.526. The van der Waals surface area contributed by atoms with Crippen LogP contribution >= 0.6 is 0 Å². The zero-order valence-corrected chi connectivity index (χ0v) is 16.2. The number of aliphatic carboxylic acids is 1. The van der Waals surface area contributed by atoms with Crippen molar-refractivity contribution >= 4 is 22.9 Å². The van der Waals surface area contributed by atoms with E-state index in [2.05, 4.69) is 0 Å². The molecular weight excluding hydrogens is 364 g/mol. The Hall–Kier alpha value is -2.65. The number of ether oxygens (including phenoxy) is 1. The number of carbonyl (C=O) groups is 2. The van der Waals surface area contributed by atoms with Gasteiger partial charge in [0, 0.05) is 39.6 Å². The number of likely N-dealkylation sites (N-methyl/N-ethyl adjacent to an activating group) is 1. The molecule has 1 aliphatic rings. The molecule has 1 aromatic heterocycles. The molecule has 1 amide bonds. The highest BCUT2D eigenvalue weighted by atomic mass is 16.5. The molecule has 9 heteroatoms. The predicted octanol–water partition coefficient (Wildman–Crippen LogP) is -0.0261. The van der Waals surface area contributed by atoms with Crippen LogP contribution in [0.4, 0.5) is 0 Å². The summed E-state index contributed by atoms with van der Waals surface area (Å²) < 4.78 is 8.88. The van der Waals surface area contributed by atoms with Gasteiger partial charge in [-0.05, 0) is 19.2 Å². The van der Waals surface area contributed by atoms with E-state index in [0.717, 1.165) is 11.0 Å². The van der Waals surface area contributed by atoms with Crippen molar-refractivity contribution in [3.63, 3.8) is 0 Å². The molecule has 1 fully saturated rings. The van der Waals surface area contributed by atoms with Crippen LogP contribution in [0.15, 0.2) is 29.1 Å². The van der Waals surface area contributed by atoms with Crippen LogP contribution in [-0.2, 0) is 27.9 Å². The van der Waals surface area contributed by atoms with Crippen molar-refractivity contribution in [2.75, 3.05) is 39.8 Å². The summed E-state index contributed by atoms with van der Waals surface area (Å²) in [7, 11) is 3.44. The van der Waals surface area contributed by atoms with Crippen molar-refractivity contribution in [3.8, 4) is 0 Å². The van der Waals surface area contributed by atoms with Crippen molar-refractivity contribution in [2.24, 2.45) is 7.05 Å². The molecule has 2 aromatic rings. The maximum Gasteiger partial charge on any atom is 0.328 e. The molecule has 28 heavy (non-hydrogen) atoms. The zero-order valence-electron chi connectivity index (χ0n) is 16.2. The van der Waals surface area contributed by atoms with E-state index >= 15 is 0 Å². The van der Waals surface area contributed by atoms with Gasteiger partial charge in [0.05, 0.1) is 30.3 Å². The third-order valence-electron chi connectivity index (χ3n) is 5.01. The van der Waals surface area contributed by atoms with E-state index in [1.165, 1.54) is 0 Å². The first-order valence-electron chi connectivity index (χ1n) is 9.30. The van der Waals surface area contributed by atoms with Crippen molar-refractivity contribution in [3.05, 3.63) is 34.7 Å². The molecule has 0 saturated carbocycles. The van der Waals surface area contributed by atoms with Crippen molar-refractivity contribution in [2.45, 2.75) is 19.1 Å². The van der Waals surface area contributed by atoms with Gasteiger partial charge in [0.2, 0.25) is 5.91 Å². The molecule has 3 rings (SSSR count). The summed E-state index contributed by atoms with van der Waals surface area (Å²) in [4.78, 5) is 39.3. The van der Waals surface area contributed by atoms with Gasteiger partial charge >= 0.3 is 11.7 Å². The SMILES string of the molecule is CN(CC(=O)O)CC1CN(C(=O)CCn2c(=O)n(C)c3ccccc32)CCO1. The highest BCUT2D eigenvalue weighted by Gasteiger charge is 2.25. The Bertz CT molecular complexity index is 919. The van der Waals surface area contributed by atoms with E-state index in [1.54, 1.807) is 33.0 Å². The number of aromatic nitrogens is 2. The van der Waals surface area contributed by atoms with E-state index in [0.29, 0.717) is 32.8 Å². The summed E-state index contributed by atoms with van der Waals surface area (Å²) in [6, 6.07) is 7.52. The number of benzene rings is 1. The van der Waals surface area contributed by atoms with Crippen molar-refractivity contribution in [1.82, 2.24) is 18.9 Å². The van der Waals surface area contributed by atoms with Gasteiger partial charge in [0.25, 0.3) is 0 Å². The quantitative estimate of drug-likeness (QED) is 0.713. The van der Waals surface area contributed by atoms with Gasteiger partial charge in [-0.15, -0.1) is 0 Å². The number of imidazole rings is 1. The monoisotopic (exact) mass is 390 g/mol.